The second-order valence-electron chi connectivity index (χ2n) is 5.64. The number of nitrogens with two attached hydrogens (primary N) is 1. The van der Waals surface area contributed by atoms with Crippen molar-refractivity contribution in [1.82, 2.24) is 4.98 Å². The van der Waals surface area contributed by atoms with Crippen LogP contribution in [0.5, 0.6) is 0 Å². The molecule has 1 amide bonds. The van der Waals surface area contributed by atoms with Gasteiger partial charge in [0.25, 0.3) is 0 Å². The molecule has 2 atom stereocenters. The third-order valence-electron chi connectivity index (χ3n) is 3.94. The first-order valence-corrected chi connectivity index (χ1v) is 8.13. The van der Waals surface area contributed by atoms with Gasteiger partial charge in [-0.05, 0) is 18.1 Å². The number of aryl methyl sites for hydroxylation is 1. The number of hydrogen-bond acceptors (Lipinski definition) is 5. The number of carbonyl (C=O) groups excluding carboxylic acids is 2. The van der Waals surface area contributed by atoms with Crippen LogP contribution in [-0.4, -0.2) is 23.0 Å². The highest BCUT2D eigenvalue weighted by Crippen LogP contribution is 2.38. The third-order valence-corrected chi connectivity index (χ3v) is 4.89. The number of thiazole rings is 1. The highest BCUT2D eigenvalue weighted by atomic mass is 32.1. The summed E-state index contributed by atoms with van der Waals surface area (Å²) in [6.45, 7) is 1.37. The molecule has 0 spiro atoms. The predicted octanol–water partition coefficient (Wildman–Crippen LogP) is 2.82. The van der Waals surface area contributed by atoms with Gasteiger partial charge in [0.2, 0.25) is 5.91 Å². The second kappa shape index (κ2) is 6.14. The Balaban J connectivity index is 1.89. The number of primary amides is 1. The second-order valence-corrected chi connectivity index (χ2v) is 6.84. The van der Waals surface area contributed by atoms with Crippen molar-refractivity contribution in [1.29, 1.82) is 0 Å². The highest BCUT2D eigenvalue weighted by molar-refractivity contribution is 7.13. The summed E-state index contributed by atoms with van der Waals surface area (Å²) >= 11 is 0.604. The normalized spacial score (nSPS) is 19.5. The SMILES string of the molecule is Cc1nc(C(F)(F)F)c(C(=O)OC2Cc3ccccc3C2C(N)=O)s1. The van der Waals surface area contributed by atoms with Gasteiger partial charge in [-0.2, -0.15) is 13.2 Å². The van der Waals surface area contributed by atoms with Crippen molar-refractivity contribution in [3.63, 3.8) is 0 Å². The van der Waals surface area contributed by atoms with Gasteiger partial charge in [-0.3, -0.25) is 4.79 Å². The number of nitrogens with zero attached hydrogens (tertiary/aromatic N) is 1. The molecule has 1 aliphatic rings. The number of esters is 1. The molecule has 25 heavy (non-hydrogen) atoms. The molecule has 0 aliphatic heterocycles. The van der Waals surface area contributed by atoms with Crippen LogP contribution < -0.4 is 5.73 Å². The molecule has 2 unspecified atom stereocenters. The fraction of sp³-hybridized carbons (Fsp3) is 0.312. The lowest BCUT2D eigenvalue weighted by Gasteiger charge is -2.18. The number of halogens is 3. The highest BCUT2D eigenvalue weighted by Gasteiger charge is 2.43. The van der Waals surface area contributed by atoms with Crippen molar-refractivity contribution >= 4 is 23.2 Å². The summed E-state index contributed by atoms with van der Waals surface area (Å²) in [6, 6.07) is 6.93. The minimum Gasteiger partial charge on any atom is -0.457 e. The average molecular weight is 370 g/mol. The summed E-state index contributed by atoms with van der Waals surface area (Å²) < 4.78 is 44.3. The monoisotopic (exact) mass is 370 g/mol. The zero-order valence-corrected chi connectivity index (χ0v) is 13.8. The lowest BCUT2D eigenvalue weighted by molar-refractivity contribution is -0.141. The van der Waals surface area contributed by atoms with Crippen LogP contribution in [0.1, 0.15) is 37.4 Å². The zero-order valence-electron chi connectivity index (χ0n) is 13.0. The first-order valence-electron chi connectivity index (χ1n) is 7.31. The topological polar surface area (TPSA) is 82.3 Å². The molecule has 0 fully saturated rings. The first-order chi connectivity index (χ1) is 11.7. The number of alkyl halides is 3. The molecule has 1 aromatic heterocycles. The van der Waals surface area contributed by atoms with Crippen LogP contribution in [0.2, 0.25) is 0 Å². The maximum absolute atomic E-state index is 13.0. The Labute approximate surface area is 144 Å². The number of amides is 1. The largest absolute Gasteiger partial charge is 0.457 e. The number of rotatable bonds is 3. The standard InChI is InChI=1S/C16H13F3N2O3S/c1-7-21-13(16(17,18)19)12(25-7)15(23)24-10-6-8-4-2-3-5-9(8)11(10)14(20)22/h2-5,10-11H,6H2,1H3,(H2,20,22). The van der Waals surface area contributed by atoms with Crippen LogP contribution in [0.4, 0.5) is 13.2 Å². The molecule has 1 aliphatic carbocycles. The van der Waals surface area contributed by atoms with Gasteiger partial charge < -0.3 is 10.5 Å². The van der Waals surface area contributed by atoms with Gasteiger partial charge in [0.1, 0.15) is 16.9 Å². The van der Waals surface area contributed by atoms with E-state index in [9.17, 15) is 22.8 Å². The van der Waals surface area contributed by atoms with Gasteiger partial charge in [0.05, 0.1) is 5.01 Å². The summed E-state index contributed by atoms with van der Waals surface area (Å²) in [5.74, 6) is -2.73. The molecule has 9 heteroatoms. The molecule has 0 radical (unpaired) electrons. The number of hydrogen-bond donors (Lipinski definition) is 1. The fourth-order valence-electron chi connectivity index (χ4n) is 2.95. The maximum Gasteiger partial charge on any atom is 0.435 e. The summed E-state index contributed by atoms with van der Waals surface area (Å²) in [5, 5.41) is 0.0976. The Bertz CT molecular complexity index is 847. The molecular weight excluding hydrogens is 357 g/mol. The molecule has 2 N–H and O–H groups in total. The number of fused-ring (bicyclic) bond motifs is 1. The Hall–Kier alpha value is -2.42. The van der Waals surface area contributed by atoms with Crippen molar-refractivity contribution < 1.29 is 27.5 Å². The van der Waals surface area contributed by atoms with Crippen LogP contribution >= 0.6 is 11.3 Å². The van der Waals surface area contributed by atoms with Crippen molar-refractivity contribution in [2.75, 3.05) is 0 Å². The summed E-state index contributed by atoms with van der Waals surface area (Å²) in [7, 11) is 0. The van der Waals surface area contributed by atoms with Crippen LogP contribution in [0, 0.1) is 6.92 Å². The van der Waals surface area contributed by atoms with E-state index in [1.54, 1.807) is 24.3 Å². The Morgan fingerprint density at radius 1 is 1.32 bits per heavy atom. The van der Waals surface area contributed by atoms with E-state index in [4.69, 9.17) is 10.5 Å². The molecule has 0 saturated heterocycles. The van der Waals surface area contributed by atoms with Crippen LogP contribution in [0.15, 0.2) is 24.3 Å². The van der Waals surface area contributed by atoms with Crippen LogP contribution in [0.25, 0.3) is 0 Å². The summed E-state index contributed by atoms with van der Waals surface area (Å²) in [6.07, 6.45) is -5.49. The molecule has 2 aromatic rings. The average Bonchev–Trinajstić information content (AvgIpc) is 3.06. The van der Waals surface area contributed by atoms with E-state index in [1.165, 1.54) is 6.92 Å². The molecule has 132 valence electrons. The molecular formula is C16H13F3N2O3S. The molecule has 1 heterocycles. The van der Waals surface area contributed by atoms with E-state index >= 15 is 0 Å². The van der Waals surface area contributed by atoms with Gasteiger partial charge in [-0.25, -0.2) is 9.78 Å². The van der Waals surface area contributed by atoms with E-state index in [1.807, 2.05) is 0 Å². The smallest absolute Gasteiger partial charge is 0.435 e. The van der Waals surface area contributed by atoms with Gasteiger partial charge in [0.15, 0.2) is 5.69 Å². The van der Waals surface area contributed by atoms with Crippen molar-refractivity contribution in [3.8, 4) is 0 Å². The zero-order chi connectivity index (χ0) is 18.4. The molecule has 0 bridgehead atoms. The number of benzene rings is 1. The summed E-state index contributed by atoms with van der Waals surface area (Å²) in [4.78, 5) is 26.8. The number of ether oxygens (including phenoxy) is 1. The van der Waals surface area contributed by atoms with Gasteiger partial charge >= 0.3 is 12.1 Å². The lowest BCUT2D eigenvalue weighted by Crippen LogP contribution is -2.32. The summed E-state index contributed by atoms with van der Waals surface area (Å²) in [5.41, 5.74) is 5.54. The van der Waals surface area contributed by atoms with Crippen molar-refractivity contribution in [3.05, 3.63) is 51.0 Å². The lowest BCUT2D eigenvalue weighted by atomic mass is 9.99. The van der Waals surface area contributed by atoms with Crippen molar-refractivity contribution in [2.45, 2.75) is 31.5 Å². The van der Waals surface area contributed by atoms with E-state index in [-0.39, 0.29) is 11.4 Å². The molecule has 0 saturated carbocycles. The molecule has 3 rings (SSSR count). The quantitative estimate of drug-likeness (QED) is 0.843. The number of carbonyl (C=O) groups is 2. The van der Waals surface area contributed by atoms with Crippen LogP contribution in [-0.2, 0) is 22.1 Å². The predicted molar refractivity (Wildman–Crippen MR) is 83.1 cm³/mol. The maximum atomic E-state index is 13.0. The Morgan fingerprint density at radius 3 is 2.64 bits per heavy atom. The van der Waals surface area contributed by atoms with E-state index in [0.29, 0.717) is 16.9 Å². The van der Waals surface area contributed by atoms with E-state index in [2.05, 4.69) is 4.98 Å². The van der Waals surface area contributed by atoms with Gasteiger partial charge in [-0.1, -0.05) is 24.3 Å². The van der Waals surface area contributed by atoms with Crippen LogP contribution in [0.3, 0.4) is 0 Å². The number of aromatic nitrogens is 1. The van der Waals surface area contributed by atoms with Gasteiger partial charge in [-0.15, -0.1) is 11.3 Å². The van der Waals surface area contributed by atoms with Crippen molar-refractivity contribution in [2.24, 2.45) is 5.73 Å². The van der Waals surface area contributed by atoms with E-state index in [0.717, 1.165) is 5.56 Å². The Kier molecular flexibility index (Phi) is 4.28. The fourth-order valence-corrected chi connectivity index (χ4v) is 3.77. The first kappa shape index (κ1) is 17.4. The minimum absolute atomic E-state index is 0.0976. The Morgan fingerprint density at radius 2 is 2.00 bits per heavy atom. The van der Waals surface area contributed by atoms with Gasteiger partial charge in [0, 0.05) is 6.42 Å². The minimum atomic E-state index is -4.76. The third kappa shape index (κ3) is 3.23. The molecule has 5 nitrogen and oxygen atoms in total. The molecule has 1 aromatic carbocycles. The van der Waals surface area contributed by atoms with E-state index < -0.39 is 40.6 Å².